The Labute approximate surface area is 270 Å². The standard InChI is InChI=1S/C31H21Br2F3N4O5/c1-2-44-25-15-20(26(32)27(33)28(25)45-17-18-7-5-10-22(13-18)40(42)43)16-37-39-29(19-8-6-9-21(14-19)31(34,35)36)38-24-12-4-3-11-23(24)30(39)41/h3-16H,2,17H2,1H3. The zero-order valence-corrected chi connectivity index (χ0v) is 26.4. The van der Waals surface area contributed by atoms with Crippen LogP contribution in [0.3, 0.4) is 0 Å². The second kappa shape index (κ2) is 13.2. The maximum absolute atomic E-state index is 13.6. The number of nitro benzene ring substituents is 1. The minimum atomic E-state index is -4.60. The van der Waals surface area contributed by atoms with Gasteiger partial charge in [0.1, 0.15) is 6.61 Å². The fourth-order valence-electron chi connectivity index (χ4n) is 4.38. The van der Waals surface area contributed by atoms with Crippen LogP contribution in [0.4, 0.5) is 18.9 Å². The molecule has 5 rings (SSSR count). The van der Waals surface area contributed by atoms with Crippen molar-refractivity contribution in [2.75, 3.05) is 6.61 Å². The summed E-state index contributed by atoms with van der Waals surface area (Å²) in [5.41, 5.74) is -0.211. The van der Waals surface area contributed by atoms with Gasteiger partial charge in [-0.3, -0.25) is 14.9 Å². The highest BCUT2D eigenvalue weighted by molar-refractivity contribution is 9.13. The van der Waals surface area contributed by atoms with E-state index < -0.39 is 22.2 Å². The summed E-state index contributed by atoms with van der Waals surface area (Å²) in [6.45, 7) is 2.04. The first-order valence-electron chi connectivity index (χ1n) is 13.2. The molecule has 0 aliphatic heterocycles. The van der Waals surface area contributed by atoms with Gasteiger partial charge in [-0.25, -0.2) is 4.98 Å². The summed E-state index contributed by atoms with van der Waals surface area (Å²) in [5.74, 6) is 0.529. The van der Waals surface area contributed by atoms with Crippen LogP contribution in [0.1, 0.15) is 23.6 Å². The summed E-state index contributed by atoms with van der Waals surface area (Å²) >= 11 is 7.01. The second-order valence-corrected chi connectivity index (χ2v) is 11.0. The number of benzene rings is 4. The minimum absolute atomic E-state index is 0.00126. The van der Waals surface area contributed by atoms with Gasteiger partial charge >= 0.3 is 6.18 Å². The van der Waals surface area contributed by atoms with Crippen LogP contribution in [0.25, 0.3) is 22.3 Å². The molecule has 0 aliphatic rings. The highest BCUT2D eigenvalue weighted by atomic mass is 79.9. The molecule has 0 fully saturated rings. The number of alkyl halides is 3. The zero-order valence-electron chi connectivity index (χ0n) is 23.2. The van der Waals surface area contributed by atoms with E-state index in [9.17, 15) is 28.1 Å². The number of para-hydroxylation sites is 1. The molecule has 4 aromatic carbocycles. The Morgan fingerprint density at radius 2 is 1.76 bits per heavy atom. The van der Waals surface area contributed by atoms with E-state index in [1.54, 1.807) is 49.4 Å². The van der Waals surface area contributed by atoms with Crippen LogP contribution >= 0.6 is 31.9 Å². The predicted molar refractivity (Wildman–Crippen MR) is 170 cm³/mol. The third-order valence-corrected chi connectivity index (χ3v) is 8.62. The van der Waals surface area contributed by atoms with Crippen molar-refractivity contribution < 1.29 is 27.6 Å². The van der Waals surface area contributed by atoms with E-state index >= 15 is 0 Å². The summed E-state index contributed by atoms with van der Waals surface area (Å²) in [6, 6.07) is 18.6. The first-order chi connectivity index (χ1) is 21.5. The van der Waals surface area contributed by atoms with Gasteiger partial charge in [0.05, 0.1) is 38.7 Å². The van der Waals surface area contributed by atoms with E-state index in [-0.39, 0.29) is 35.7 Å². The van der Waals surface area contributed by atoms with Crippen molar-refractivity contribution in [3.05, 3.63) is 125 Å². The van der Waals surface area contributed by atoms with E-state index in [4.69, 9.17) is 9.47 Å². The highest BCUT2D eigenvalue weighted by Crippen LogP contribution is 2.43. The summed E-state index contributed by atoms with van der Waals surface area (Å²) in [6.07, 6.45) is -3.26. The van der Waals surface area contributed by atoms with Gasteiger partial charge in [-0.2, -0.15) is 22.9 Å². The van der Waals surface area contributed by atoms with Gasteiger partial charge < -0.3 is 9.47 Å². The van der Waals surface area contributed by atoms with Crippen molar-refractivity contribution in [1.29, 1.82) is 0 Å². The summed E-state index contributed by atoms with van der Waals surface area (Å²) < 4.78 is 54.2. The molecular formula is C31H21Br2F3N4O5. The van der Waals surface area contributed by atoms with Gasteiger partial charge in [-0.15, -0.1) is 0 Å². The van der Waals surface area contributed by atoms with Crippen LogP contribution in [-0.4, -0.2) is 27.4 Å². The Morgan fingerprint density at radius 3 is 2.49 bits per heavy atom. The number of nitrogens with zero attached hydrogens (tertiary/aromatic N) is 4. The summed E-state index contributed by atoms with van der Waals surface area (Å²) in [7, 11) is 0. The molecule has 0 radical (unpaired) electrons. The normalized spacial score (nSPS) is 11.7. The number of hydrogen-bond donors (Lipinski definition) is 0. The number of ether oxygens (including phenoxy) is 2. The fraction of sp³-hybridized carbons (Fsp3) is 0.129. The third kappa shape index (κ3) is 6.91. The van der Waals surface area contributed by atoms with Crippen molar-refractivity contribution >= 4 is 54.7 Å². The average Bonchev–Trinajstić information content (AvgIpc) is 3.02. The van der Waals surface area contributed by atoms with Gasteiger partial charge in [0.15, 0.2) is 17.3 Å². The Morgan fingerprint density at radius 1 is 1.00 bits per heavy atom. The summed E-state index contributed by atoms with van der Waals surface area (Å²) in [5, 5.41) is 15.8. The van der Waals surface area contributed by atoms with Crippen LogP contribution in [0.2, 0.25) is 0 Å². The molecule has 0 atom stereocenters. The lowest BCUT2D eigenvalue weighted by Gasteiger charge is -2.16. The Balaban J connectivity index is 1.58. The van der Waals surface area contributed by atoms with E-state index in [1.165, 1.54) is 30.5 Å². The molecule has 0 N–H and O–H groups in total. The summed E-state index contributed by atoms with van der Waals surface area (Å²) in [4.78, 5) is 28.7. The molecule has 45 heavy (non-hydrogen) atoms. The van der Waals surface area contributed by atoms with Crippen molar-refractivity contribution in [3.63, 3.8) is 0 Å². The van der Waals surface area contributed by atoms with E-state index in [1.807, 2.05) is 0 Å². The number of nitro groups is 1. The van der Waals surface area contributed by atoms with Crippen molar-refractivity contribution in [1.82, 2.24) is 9.66 Å². The van der Waals surface area contributed by atoms with E-state index in [0.717, 1.165) is 16.8 Å². The van der Waals surface area contributed by atoms with Gasteiger partial charge in [-0.1, -0.05) is 36.4 Å². The quantitative estimate of drug-likeness (QED) is 0.0853. The maximum Gasteiger partial charge on any atom is 0.416 e. The van der Waals surface area contributed by atoms with Crippen LogP contribution in [0.15, 0.2) is 97.7 Å². The van der Waals surface area contributed by atoms with Crippen LogP contribution in [0.5, 0.6) is 11.5 Å². The fourth-order valence-corrected chi connectivity index (χ4v) is 5.32. The SMILES string of the molecule is CCOc1cc(C=Nn2c(-c3cccc(C(F)(F)F)c3)nc3ccccc3c2=O)c(Br)c(Br)c1OCc1cccc([N+](=O)[O-])c1. The second-order valence-electron chi connectivity index (χ2n) is 9.46. The smallest absolute Gasteiger partial charge is 0.416 e. The predicted octanol–water partition coefficient (Wildman–Crippen LogP) is 8.38. The number of halogens is 5. The number of fused-ring (bicyclic) bond motifs is 1. The molecule has 0 bridgehead atoms. The topological polar surface area (TPSA) is 109 Å². The van der Waals surface area contributed by atoms with Crippen LogP contribution in [-0.2, 0) is 12.8 Å². The van der Waals surface area contributed by atoms with Crippen molar-refractivity contribution in [3.8, 4) is 22.9 Å². The van der Waals surface area contributed by atoms with Crippen LogP contribution < -0.4 is 15.0 Å². The zero-order chi connectivity index (χ0) is 32.3. The molecule has 5 aromatic rings. The van der Waals surface area contributed by atoms with E-state index in [0.29, 0.717) is 37.1 Å². The lowest BCUT2D eigenvalue weighted by atomic mass is 10.1. The lowest BCUT2D eigenvalue weighted by molar-refractivity contribution is -0.384. The molecule has 1 aromatic heterocycles. The van der Waals surface area contributed by atoms with Crippen molar-refractivity contribution in [2.24, 2.45) is 5.10 Å². The number of aromatic nitrogens is 2. The van der Waals surface area contributed by atoms with Gasteiger partial charge in [-0.05, 0) is 74.7 Å². The van der Waals surface area contributed by atoms with Gasteiger partial charge in [0, 0.05) is 27.7 Å². The maximum atomic E-state index is 13.6. The molecule has 0 aliphatic carbocycles. The highest BCUT2D eigenvalue weighted by Gasteiger charge is 2.31. The number of non-ortho nitro benzene ring substituents is 1. The molecule has 0 spiro atoms. The Kier molecular flexibility index (Phi) is 9.34. The minimum Gasteiger partial charge on any atom is -0.490 e. The molecule has 0 unspecified atom stereocenters. The first kappa shape index (κ1) is 31.9. The molecule has 0 saturated carbocycles. The van der Waals surface area contributed by atoms with Gasteiger partial charge in [0.2, 0.25) is 0 Å². The largest absolute Gasteiger partial charge is 0.490 e. The molecule has 14 heteroatoms. The average molecular weight is 746 g/mol. The van der Waals surface area contributed by atoms with Crippen molar-refractivity contribution in [2.45, 2.75) is 19.7 Å². The van der Waals surface area contributed by atoms with Gasteiger partial charge in [0.25, 0.3) is 11.2 Å². The molecule has 9 nitrogen and oxygen atoms in total. The third-order valence-electron chi connectivity index (χ3n) is 6.47. The first-order valence-corrected chi connectivity index (χ1v) is 14.8. The Hall–Kier alpha value is -4.56. The molecular weight excluding hydrogens is 725 g/mol. The molecule has 0 saturated heterocycles. The number of hydrogen-bond acceptors (Lipinski definition) is 7. The lowest BCUT2D eigenvalue weighted by Crippen LogP contribution is -2.20. The number of rotatable bonds is 9. The van der Waals surface area contributed by atoms with Crippen LogP contribution in [0, 0.1) is 10.1 Å². The van der Waals surface area contributed by atoms with E-state index in [2.05, 4.69) is 41.9 Å². The molecule has 0 amide bonds. The Bertz CT molecular complexity index is 2010. The molecule has 1 heterocycles. The monoisotopic (exact) mass is 744 g/mol. The molecule has 230 valence electrons.